The smallest absolute Gasteiger partial charge is 0.310 e. The second-order valence-electron chi connectivity index (χ2n) is 5.44. The Balaban J connectivity index is 2.08. The van der Waals surface area contributed by atoms with Gasteiger partial charge in [-0.2, -0.15) is 0 Å². The molecule has 1 amide bonds. The van der Waals surface area contributed by atoms with E-state index in [9.17, 15) is 9.59 Å². The molecule has 0 bridgehead atoms. The van der Waals surface area contributed by atoms with Crippen molar-refractivity contribution in [2.45, 2.75) is 19.9 Å². The molecule has 0 fully saturated rings. The van der Waals surface area contributed by atoms with Crippen LogP contribution in [0.25, 0.3) is 0 Å². The van der Waals surface area contributed by atoms with Crippen LogP contribution in [0.1, 0.15) is 18.2 Å². The number of ether oxygens (including phenoxy) is 1. The van der Waals surface area contributed by atoms with E-state index in [1.54, 1.807) is 24.2 Å². The number of nitrogens with zero attached hydrogens (tertiary/aromatic N) is 1. The highest BCUT2D eigenvalue weighted by Crippen LogP contribution is 2.12. The first-order chi connectivity index (χ1) is 11.1. The average Bonchev–Trinajstić information content (AvgIpc) is 3.07. The molecule has 5 nitrogen and oxygen atoms in total. The van der Waals surface area contributed by atoms with Gasteiger partial charge in [-0.15, -0.1) is 0 Å². The summed E-state index contributed by atoms with van der Waals surface area (Å²) in [5.41, 5.74) is 0.938. The predicted molar refractivity (Wildman–Crippen MR) is 85.5 cm³/mol. The van der Waals surface area contributed by atoms with Gasteiger partial charge >= 0.3 is 5.97 Å². The lowest BCUT2D eigenvalue weighted by Crippen LogP contribution is -2.37. The largest absolute Gasteiger partial charge is 0.469 e. The number of furan rings is 1. The molecule has 2 aromatic rings. The minimum atomic E-state index is -0.394. The van der Waals surface area contributed by atoms with E-state index in [-0.39, 0.29) is 18.3 Å². The lowest BCUT2D eigenvalue weighted by Gasteiger charge is -2.24. The predicted octanol–water partition coefficient (Wildman–Crippen LogP) is 2.66. The van der Waals surface area contributed by atoms with Crippen molar-refractivity contribution in [1.29, 1.82) is 0 Å². The Morgan fingerprint density at radius 2 is 1.91 bits per heavy atom. The van der Waals surface area contributed by atoms with Gasteiger partial charge in [0.25, 0.3) is 0 Å². The van der Waals surface area contributed by atoms with E-state index >= 15 is 0 Å². The molecule has 122 valence electrons. The van der Waals surface area contributed by atoms with E-state index in [1.165, 1.54) is 7.11 Å². The zero-order valence-electron chi connectivity index (χ0n) is 13.4. The molecule has 0 saturated heterocycles. The zero-order valence-corrected chi connectivity index (χ0v) is 13.4. The molecule has 0 radical (unpaired) electrons. The van der Waals surface area contributed by atoms with Crippen LogP contribution >= 0.6 is 0 Å². The van der Waals surface area contributed by atoms with Gasteiger partial charge in [-0.25, -0.2) is 0 Å². The van der Waals surface area contributed by atoms with Crippen molar-refractivity contribution in [2.75, 3.05) is 13.7 Å². The molecule has 0 aliphatic heterocycles. The Bertz CT molecular complexity index is 622. The van der Waals surface area contributed by atoms with Crippen LogP contribution in [0.3, 0.4) is 0 Å². The Hall–Kier alpha value is -2.56. The summed E-state index contributed by atoms with van der Waals surface area (Å²) in [6.45, 7) is 2.37. The van der Waals surface area contributed by atoms with Gasteiger partial charge in [0, 0.05) is 6.54 Å². The number of methoxy groups -OCH3 is 1. The first kappa shape index (κ1) is 16.8. The van der Waals surface area contributed by atoms with Gasteiger partial charge in [-0.05, 0) is 17.7 Å². The van der Waals surface area contributed by atoms with Crippen LogP contribution < -0.4 is 0 Å². The number of benzene rings is 1. The van der Waals surface area contributed by atoms with Crippen molar-refractivity contribution in [3.63, 3.8) is 0 Å². The number of hydrogen-bond acceptors (Lipinski definition) is 4. The molecular weight excluding hydrogens is 294 g/mol. The van der Waals surface area contributed by atoms with Gasteiger partial charge in [-0.1, -0.05) is 37.3 Å². The topological polar surface area (TPSA) is 59.8 Å². The first-order valence-electron chi connectivity index (χ1n) is 7.52. The highest BCUT2D eigenvalue weighted by molar-refractivity contribution is 5.80. The number of rotatable bonds is 7. The van der Waals surface area contributed by atoms with E-state index in [0.717, 1.165) is 5.56 Å². The third-order valence-corrected chi connectivity index (χ3v) is 3.58. The van der Waals surface area contributed by atoms with Gasteiger partial charge in [-0.3, -0.25) is 9.59 Å². The fourth-order valence-corrected chi connectivity index (χ4v) is 2.33. The highest BCUT2D eigenvalue weighted by atomic mass is 16.5. The fourth-order valence-electron chi connectivity index (χ4n) is 2.33. The Morgan fingerprint density at radius 1 is 1.17 bits per heavy atom. The maximum atomic E-state index is 12.6. The maximum absolute atomic E-state index is 12.6. The van der Waals surface area contributed by atoms with Crippen LogP contribution in [0, 0.1) is 5.92 Å². The molecule has 0 saturated carbocycles. The van der Waals surface area contributed by atoms with Crippen molar-refractivity contribution in [3.8, 4) is 0 Å². The van der Waals surface area contributed by atoms with E-state index < -0.39 is 5.92 Å². The van der Waals surface area contributed by atoms with Crippen LogP contribution in [0.2, 0.25) is 0 Å². The van der Waals surface area contributed by atoms with Gasteiger partial charge in [0.15, 0.2) is 0 Å². The number of carbonyl (C=O) groups is 2. The van der Waals surface area contributed by atoms with Crippen molar-refractivity contribution in [3.05, 3.63) is 60.1 Å². The summed E-state index contributed by atoms with van der Waals surface area (Å²) in [7, 11) is 1.35. The van der Waals surface area contributed by atoms with E-state index in [4.69, 9.17) is 9.15 Å². The molecule has 1 aromatic carbocycles. The monoisotopic (exact) mass is 315 g/mol. The van der Waals surface area contributed by atoms with Crippen molar-refractivity contribution < 1.29 is 18.7 Å². The summed E-state index contributed by atoms with van der Waals surface area (Å²) in [6.07, 6.45) is 1.86. The van der Waals surface area contributed by atoms with Gasteiger partial charge in [0.1, 0.15) is 5.76 Å². The molecule has 0 spiro atoms. The Labute approximate surface area is 135 Å². The summed E-state index contributed by atoms with van der Waals surface area (Å²) >= 11 is 0. The molecule has 1 heterocycles. The van der Waals surface area contributed by atoms with E-state index in [1.807, 2.05) is 36.4 Å². The quantitative estimate of drug-likeness (QED) is 0.737. The first-order valence-corrected chi connectivity index (χ1v) is 7.52. The average molecular weight is 315 g/mol. The summed E-state index contributed by atoms with van der Waals surface area (Å²) in [5, 5.41) is 0. The van der Waals surface area contributed by atoms with Gasteiger partial charge < -0.3 is 14.1 Å². The summed E-state index contributed by atoms with van der Waals surface area (Å²) in [4.78, 5) is 25.9. The van der Waals surface area contributed by atoms with Gasteiger partial charge in [0.05, 0.1) is 32.3 Å². The molecule has 2 rings (SSSR count). The molecule has 23 heavy (non-hydrogen) atoms. The molecule has 1 unspecified atom stereocenters. The highest BCUT2D eigenvalue weighted by Gasteiger charge is 2.22. The third kappa shape index (κ3) is 4.98. The molecular formula is C18H21NO4. The second kappa shape index (κ2) is 8.17. The number of carbonyl (C=O) groups excluding carboxylic acids is 2. The number of hydrogen-bond donors (Lipinski definition) is 0. The Morgan fingerprint density at radius 3 is 2.52 bits per heavy atom. The van der Waals surface area contributed by atoms with Crippen LogP contribution in [0.15, 0.2) is 53.1 Å². The molecule has 0 aliphatic carbocycles. The maximum Gasteiger partial charge on any atom is 0.310 e. The van der Waals surface area contributed by atoms with Crippen molar-refractivity contribution in [2.24, 2.45) is 5.92 Å². The minimum Gasteiger partial charge on any atom is -0.469 e. The molecule has 5 heteroatoms. The molecule has 0 aliphatic rings. The van der Waals surface area contributed by atoms with E-state index in [2.05, 4.69) is 0 Å². The molecule has 1 aromatic heterocycles. The third-order valence-electron chi connectivity index (χ3n) is 3.58. The van der Waals surface area contributed by atoms with Crippen LogP contribution in [-0.2, 0) is 27.3 Å². The zero-order chi connectivity index (χ0) is 16.7. The van der Waals surface area contributed by atoms with Crippen LogP contribution in [0.5, 0.6) is 0 Å². The van der Waals surface area contributed by atoms with Crippen molar-refractivity contribution >= 4 is 11.9 Å². The van der Waals surface area contributed by atoms with Gasteiger partial charge in [0.2, 0.25) is 5.91 Å². The normalized spacial score (nSPS) is 11.7. The minimum absolute atomic E-state index is 0.0525. The van der Waals surface area contributed by atoms with Crippen molar-refractivity contribution in [1.82, 2.24) is 4.90 Å². The summed E-state index contributed by atoms with van der Waals surface area (Å²) < 4.78 is 10.1. The summed E-state index contributed by atoms with van der Waals surface area (Å²) in [6, 6.07) is 13.1. The standard InChI is InChI=1S/C18H21NO4/c1-14(18(21)22-2)12-19(13-16-9-6-10-23-16)17(20)11-15-7-4-3-5-8-15/h3-10,14H,11-13H2,1-2H3. The van der Waals surface area contributed by atoms with Crippen LogP contribution in [-0.4, -0.2) is 30.4 Å². The lowest BCUT2D eigenvalue weighted by molar-refractivity contribution is -0.146. The fraction of sp³-hybridized carbons (Fsp3) is 0.333. The lowest BCUT2D eigenvalue weighted by atomic mass is 10.1. The SMILES string of the molecule is COC(=O)C(C)CN(Cc1ccco1)C(=O)Cc1ccccc1. The van der Waals surface area contributed by atoms with Crippen LogP contribution in [0.4, 0.5) is 0 Å². The number of esters is 1. The molecule has 0 N–H and O–H groups in total. The molecule has 1 atom stereocenters. The summed E-state index contributed by atoms with van der Waals surface area (Å²) in [5.74, 6) is -0.0940. The Kier molecular flexibility index (Phi) is 5.97. The second-order valence-corrected chi connectivity index (χ2v) is 5.44. The number of amides is 1. The van der Waals surface area contributed by atoms with E-state index in [0.29, 0.717) is 18.8 Å².